The van der Waals surface area contributed by atoms with E-state index in [0.717, 1.165) is 0 Å². The Morgan fingerprint density at radius 2 is 1.83 bits per heavy atom. The molecule has 1 aromatic rings. The van der Waals surface area contributed by atoms with E-state index in [1.54, 1.807) is 6.92 Å². The zero-order valence-electron chi connectivity index (χ0n) is 10.6. The normalized spacial score (nSPS) is 12.0. The number of carbonyl (C=O) groups excluding carboxylic acids is 2. The number of hydrogen-bond donors (Lipinski definition) is 3. The monoisotopic (exact) mass is 251 g/mol. The molecule has 1 heterocycles. The fourth-order valence-electron chi connectivity index (χ4n) is 1.20. The van der Waals surface area contributed by atoms with E-state index in [1.807, 2.05) is 13.8 Å². The summed E-state index contributed by atoms with van der Waals surface area (Å²) >= 11 is 0. The molecule has 0 aliphatic carbocycles. The van der Waals surface area contributed by atoms with Gasteiger partial charge in [-0.25, -0.2) is 9.97 Å². The number of anilines is 1. The van der Waals surface area contributed by atoms with Crippen LogP contribution in [0.2, 0.25) is 0 Å². The third kappa shape index (κ3) is 4.00. The van der Waals surface area contributed by atoms with E-state index in [0.29, 0.717) is 0 Å². The molecule has 0 fully saturated rings. The van der Waals surface area contributed by atoms with Gasteiger partial charge in [0.2, 0.25) is 5.91 Å². The van der Waals surface area contributed by atoms with Crippen LogP contribution in [0.1, 0.15) is 31.3 Å². The summed E-state index contributed by atoms with van der Waals surface area (Å²) in [7, 11) is 0. The first-order chi connectivity index (χ1) is 8.40. The highest BCUT2D eigenvalue weighted by molar-refractivity contribution is 5.95. The minimum atomic E-state index is -0.640. The van der Waals surface area contributed by atoms with Crippen LogP contribution in [0.15, 0.2) is 12.4 Å². The second-order valence-corrected chi connectivity index (χ2v) is 4.18. The lowest BCUT2D eigenvalue weighted by Crippen LogP contribution is -2.46. The van der Waals surface area contributed by atoms with Gasteiger partial charge in [0, 0.05) is 6.04 Å². The van der Waals surface area contributed by atoms with Gasteiger partial charge in [0.15, 0.2) is 0 Å². The van der Waals surface area contributed by atoms with Crippen molar-refractivity contribution in [3.8, 4) is 0 Å². The van der Waals surface area contributed by atoms with E-state index in [-0.39, 0.29) is 23.5 Å². The van der Waals surface area contributed by atoms with Gasteiger partial charge in [-0.1, -0.05) is 0 Å². The number of rotatable bonds is 4. The maximum absolute atomic E-state index is 11.7. The van der Waals surface area contributed by atoms with Gasteiger partial charge in [-0.2, -0.15) is 0 Å². The van der Waals surface area contributed by atoms with Crippen molar-refractivity contribution in [2.24, 2.45) is 0 Å². The summed E-state index contributed by atoms with van der Waals surface area (Å²) in [6.45, 7) is 5.29. The number of amides is 2. The van der Waals surface area contributed by atoms with Gasteiger partial charge in [0.1, 0.15) is 17.6 Å². The number of nitrogen functional groups attached to an aromatic ring is 1. The maximum Gasteiger partial charge on any atom is 0.272 e. The highest BCUT2D eigenvalue weighted by Crippen LogP contribution is 1.97. The lowest BCUT2D eigenvalue weighted by atomic mass is 10.2. The quantitative estimate of drug-likeness (QED) is 0.680. The molecule has 7 heteroatoms. The van der Waals surface area contributed by atoms with Gasteiger partial charge < -0.3 is 16.4 Å². The molecule has 1 rings (SSSR count). The summed E-state index contributed by atoms with van der Waals surface area (Å²) in [4.78, 5) is 30.9. The number of nitrogens with one attached hydrogen (secondary N) is 2. The highest BCUT2D eigenvalue weighted by atomic mass is 16.2. The molecule has 0 saturated heterocycles. The van der Waals surface area contributed by atoms with Crippen LogP contribution in [0.5, 0.6) is 0 Å². The van der Waals surface area contributed by atoms with Crippen molar-refractivity contribution in [3.63, 3.8) is 0 Å². The molecule has 0 bridgehead atoms. The number of hydrogen-bond acceptors (Lipinski definition) is 5. The Bertz CT molecular complexity index is 430. The van der Waals surface area contributed by atoms with Gasteiger partial charge in [0.05, 0.1) is 12.4 Å². The Labute approximate surface area is 105 Å². The predicted octanol–water partition coefficient (Wildman–Crippen LogP) is -0.298. The zero-order valence-corrected chi connectivity index (χ0v) is 10.6. The van der Waals surface area contributed by atoms with Crippen LogP contribution < -0.4 is 16.4 Å². The molecule has 18 heavy (non-hydrogen) atoms. The molecular weight excluding hydrogens is 234 g/mol. The van der Waals surface area contributed by atoms with E-state index in [2.05, 4.69) is 20.6 Å². The van der Waals surface area contributed by atoms with Gasteiger partial charge in [-0.05, 0) is 20.8 Å². The summed E-state index contributed by atoms with van der Waals surface area (Å²) in [5, 5.41) is 5.23. The molecule has 0 saturated carbocycles. The van der Waals surface area contributed by atoms with E-state index in [9.17, 15) is 9.59 Å². The van der Waals surface area contributed by atoms with Crippen LogP contribution in [0.25, 0.3) is 0 Å². The van der Waals surface area contributed by atoms with Gasteiger partial charge >= 0.3 is 0 Å². The first-order valence-corrected chi connectivity index (χ1v) is 5.59. The van der Waals surface area contributed by atoms with Crippen LogP contribution in [0.4, 0.5) is 5.82 Å². The highest BCUT2D eigenvalue weighted by Gasteiger charge is 2.17. The molecule has 4 N–H and O–H groups in total. The molecule has 0 radical (unpaired) electrons. The maximum atomic E-state index is 11.7. The van der Waals surface area contributed by atoms with Crippen LogP contribution in [0.3, 0.4) is 0 Å². The SMILES string of the molecule is CC(C)NC(=O)C(C)NC(=O)c1cnc(N)cn1. The second-order valence-electron chi connectivity index (χ2n) is 4.18. The fraction of sp³-hybridized carbons (Fsp3) is 0.455. The van der Waals surface area contributed by atoms with Gasteiger partial charge in [0.25, 0.3) is 5.91 Å². The summed E-state index contributed by atoms with van der Waals surface area (Å²) in [5.41, 5.74) is 5.48. The average Bonchev–Trinajstić information content (AvgIpc) is 2.28. The standard InChI is InChI=1S/C11H17N5O2/c1-6(2)15-10(17)7(3)16-11(18)8-4-14-9(12)5-13-8/h4-7H,1-3H3,(H2,12,14)(H,15,17)(H,16,18). The van der Waals surface area contributed by atoms with Crippen molar-refractivity contribution in [1.82, 2.24) is 20.6 Å². The topological polar surface area (TPSA) is 110 Å². The summed E-state index contributed by atoms with van der Waals surface area (Å²) in [5.74, 6) is -0.479. The Kier molecular flexibility index (Phi) is 4.59. The Morgan fingerprint density at radius 1 is 1.17 bits per heavy atom. The molecule has 1 unspecified atom stereocenters. The zero-order chi connectivity index (χ0) is 13.7. The fourth-order valence-corrected chi connectivity index (χ4v) is 1.20. The van der Waals surface area contributed by atoms with Gasteiger partial charge in [-0.15, -0.1) is 0 Å². The molecule has 2 amide bonds. The van der Waals surface area contributed by atoms with Crippen molar-refractivity contribution in [3.05, 3.63) is 18.1 Å². The van der Waals surface area contributed by atoms with Crippen molar-refractivity contribution < 1.29 is 9.59 Å². The summed E-state index contributed by atoms with van der Waals surface area (Å²) in [6, 6.07) is -0.618. The molecule has 1 atom stereocenters. The summed E-state index contributed by atoms with van der Waals surface area (Å²) in [6.07, 6.45) is 2.55. The molecule has 0 aromatic carbocycles. The third-order valence-corrected chi connectivity index (χ3v) is 2.08. The average molecular weight is 251 g/mol. The molecule has 98 valence electrons. The number of aromatic nitrogens is 2. The minimum absolute atomic E-state index is 0.0215. The summed E-state index contributed by atoms with van der Waals surface area (Å²) < 4.78 is 0. The van der Waals surface area contributed by atoms with Crippen molar-refractivity contribution in [2.45, 2.75) is 32.9 Å². The van der Waals surface area contributed by atoms with Crippen LogP contribution >= 0.6 is 0 Å². The lowest BCUT2D eigenvalue weighted by Gasteiger charge is -2.15. The molecule has 0 aliphatic heterocycles. The third-order valence-electron chi connectivity index (χ3n) is 2.08. The molecule has 7 nitrogen and oxygen atoms in total. The van der Waals surface area contributed by atoms with Crippen molar-refractivity contribution in [2.75, 3.05) is 5.73 Å². The minimum Gasteiger partial charge on any atom is -0.382 e. The number of nitrogens with zero attached hydrogens (tertiary/aromatic N) is 2. The largest absolute Gasteiger partial charge is 0.382 e. The lowest BCUT2D eigenvalue weighted by molar-refractivity contribution is -0.123. The Hall–Kier alpha value is -2.18. The van der Waals surface area contributed by atoms with E-state index in [1.165, 1.54) is 12.4 Å². The Balaban J connectivity index is 2.59. The van der Waals surface area contributed by atoms with Crippen LogP contribution in [0, 0.1) is 0 Å². The predicted molar refractivity (Wildman–Crippen MR) is 66.7 cm³/mol. The van der Waals surface area contributed by atoms with Crippen molar-refractivity contribution in [1.29, 1.82) is 0 Å². The Morgan fingerprint density at radius 3 is 2.33 bits per heavy atom. The van der Waals surface area contributed by atoms with Crippen LogP contribution in [-0.4, -0.2) is 33.9 Å². The smallest absolute Gasteiger partial charge is 0.272 e. The van der Waals surface area contributed by atoms with Gasteiger partial charge in [-0.3, -0.25) is 9.59 Å². The second kappa shape index (κ2) is 5.95. The van der Waals surface area contributed by atoms with Crippen molar-refractivity contribution >= 4 is 17.6 Å². The molecule has 0 spiro atoms. The first-order valence-electron chi connectivity index (χ1n) is 5.59. The number of carbonyl (C=O) groups is 2. The molecule has 0 aliphatic rings. The van der Waals surface area contributed by atoms with E-state index >= 15 is 0 Å². The first kappa shape index (κ1) is 13.9. The number of nitrogens with two attached hydrogens (primary N) is 1. The van der Waals surface area contributed by atoms with Crippen LogP contribution in [-0.2, 0) is 4.79 Å². The van der Waals surface area contributed by atoms with E-state index < -0.39 is 11.9 Å². The molecule has 1 aromatic heterocycles. The molecular formula is C11H17N5O2. The van der Waals surface area contributed by atoms with E-state index in [4.69, 9.17) is 5.73 Å².